The summed E-state index contributed by atoms with van der Waals surface area (Å²) in [6, 6.07) is -0.697. The Balaban J connectivity index is 1.78. The minimum Gasteiger partial charge on any atom is -0.466 e. The lowest BCUT2D eigenvalue weighted by Gasteiger charge is -2.32. The van der Waals surface area contributed by atoms with Crippen molar-refractivity contribution in [2.45, 2.75) is 64.3 Å². The smallest absolute Gasteiger partial charge is 0.308 e. The average Bonchev–Trinajstić information content (AvgIpc) is 2.80. The molecule has 2 atom stereocenters. The Morgan fingerprint density at radius 1 is 1.26 bits per heavy atom. The van der Waals surface area contributed by atoms with Crippen LogP contribution in [0.1, 0.15) is 58.3 Å². The molecule has 172 valence electrons. The highest BCUT2D eigenvalue weighted by atomic mass is 16.5. The van der Waals surface area contributed by atoms with E-state index in [0.717, 1.165) is 51.6 Å². The van der Waals surface area contributed by atoms with Gasteiger partial charge in [0, 0.05) is 13.1 Å². The molecule has 2 fully saturated rings. The third kappa shape index (κ3) is 9.14. The van der Waals surface area contributed by atoms with Gasteiger partial charge < -0.3 is 20.3 Å². The molecule has 2 amide bonds. The van der Waals surface area contributed by atoms with Crippen LogP contribution in [0.4, 0.5) is 0 Å². The molecule has 0 radical (unpaired) electrons. The molecule has 2 aliphatic rings. The molecule has 2 aliphatic heterocycles. The van der Waals surface area contributed by atoms with Gasteiger partial charge >= 0.3 is 5.97 Å². The van der Waals surface area contributed by atoms with Crippen molar-refractivity contribution in [3.8, 4) is 12.3 Å². The minimum absolute atomic E-state index is 0.0390. The zero-order valence-corrected chi connectivity index (χ0v) is 18.7. The van der Waals surface area contributed by atoms with Gasteiger partial charge in [0.1, 0.15) is 6.04 Å². The molecule has 31 heavy (non-hydrogen) atoms. The van der Waals surface area contributed by atoms with Gasteiger partial charge in [0.2, 0.25) is 11.8 Å². The molecule has 1 unspecified atom stereocenters. The number of terminal acetylenes is 1. The second-order valence-corrected chi connectivity index (χ2v) is 8.43. The zero-order valence-electron chi connectivity index (χ0n) is 18.7. The first-order valence-corrected chi connectivity index (χ1v) is 11.6. The first-order chi connectivity index (χ1) is 15.0. The second-order valence-electron chi connectivity index (χ2n) is 8.43. The number of carbonyl (C=O) groups excluding carboxylic acids is 3. The zero-order chi connectivity index (χ0) is 22.5. The minimum atomic E-state index is -0.697. The predicted octanol–water partition coefficient (Wildman–Crippen LogP) is 2.02. The number of piperidine rings is 2. The summed E-state index contributed by atoms with van der Waals surface area (Å²) >= 11 is 0. The van der Waals surface area contributed by atoms with Gasteiger partial charge in [0.05, 0.1) is 18.9 Å². The number of carbonyl (C=O) groups is 3. The maximum Gasteiger partial charge on any atom is 0.308 e. The number of nitrogens with one attached hydrogen (secondary N) is 2. The summed E-state index contributed by atoms with van der Waals surface area (Å²) in [7, 11) is 0. The highest BCUT2D eigenvalue weighted by Crippen LogP contribution is 2.18. The number of likely N-dealkylation sites (tertiary alicyclic amines) is 1. The van der Waals surface area contributed by atoms with E-state index < -0.39 is 12.0 Å². The topological polar surface area (TPSA) is 87.7 Å². The lowest BCUT2D eigenvalue weighted by molar-refractivity contribution is -0.144. The van der Waals surface area contributed by atoms with E-state index in [1.165, 1.54) is 0 Å². The van der Waals surface area contributed by atoms with Crippen LogP contribution in [-0.4, -0.2) is 61.5 Å². The highest BCUT2D eigenvalue weighted by molar-refractivity contribution is 5.88. The lowest BCUT2D eigenvalue weighted by atomic mass is 9.95. The van der Waals surface area contributed by atoms with Crippen molar-refractivity contribution in [1.29, 1.82) is 0 Å². The van der Waals surface area contributed by atoms with E-state index in [-0.39, 0.29) is 24.2 Å². The quantitative estimate of drug-likeness (QED) is 0.239. The van der Waals surface area contributed by atoms with Crippen LogP contribution in [0.3, 0.4) is 0 Å². The summed E-state index contributed by atoms with van der Waals surface area (Å²) < 4.78 is 5.18. The fourth-order valence-electron chi connectivity index (χ4n) is 3.96. The van der Waals surface area contributed by atoms with Crippen LogP contribution >= 0.6 is 0 Å². The van der Waals surface area contributed by atoms with Crippen molar-refractivity contribution in [3.63, 3.8) is 0 Å². The van der Waals surface area contributed by atoms with Crippen molar-refractivity contribution in [3.05, 3.63) is 12.2 Å². The van der Waals surface area contributed by atoms with Crippen molar-refractivity contribution < 1.29 is 19.1 Å². The monoisotopic (exact) mass is 431 g/mol. The van der Waals surface area contributed by atoms with E-state index in [0.29, 0.717) is 32.0 Å². The van der Waals surface area contributed by atoms with Gasteiger partial charge in [-0.05, 0) is 57.2 Å². The van der Waals surface area contributed by atoms with Crippen LogP contribution in [0.25, 0.3) is 0 Å². The molecule has 2 saturated heterocycles. The van der Waals surface area contributed by atoms with Gasteiger partial charge in [0.15, 0.2) is 0 Å². The summed E-state index contributed by atoms with van der Waals surface area (Å²) in [6.45, 7) is 5.45. The number of allylic oxidation sites excluding steroid dienone is 1. The molecular formula is C24H37N3O4. The van der Waals surface area contributed by atoms with Gasteiger partial charge in [-0.15, -0.1) is 6.42 Å². The van der Waals surface area contributed by atoms with Crippen LogP contribution in [0, 0.1) is 24.2 Å². The standard InChI is InChI=1S/C24H37N3O4/c1-3-5-6-16-31-23(29)17-21(4-2)26-24(30)20-8-7-15-27(18-20)22(28)10-9-19-11-13-25-14-12-19/h2,9-10,19-21,25H,3,5-8,11-18H2,1H3,(H,26,30)/b10-9+/t20-,21?/m1/s1. The molecule has 7 nitrogen and oxygen atoms in total. The largest absolute Gasteiger partial charge is 0.466 e. The molecule has 0 saturated carbocycles. The number of hydrogen-bond donors (Lipinski definition) is 2. The molecule has 0 aromatic rings. The van der Waals surface area contributed by atoms with Crippen LogP contribution in [0.2, 0.25) is 0 Å². The maximum absolute atomic E-state index is 12.7. The van der Waals surface area contributed by atoms with E-state index in [2.05, 4.69) is 23.5 Å². The van der Waals surface area contributed by atoms with Crippen molar-refractivity contribution >= 4 is 17.8 Å². The summed E-state index contributed by atoms with van der Waals surface area (Å²) in [5.41, 5.74) is 0. The van der Waals surface area contributed by atoms with Crippen molar-refractivity contribution in [1.82, 2.24) is 15.5 Å². The molecule has 0 bridgehead atoms. The van der Waals surface area contributed by atoms with E-state index in [9.17, 15) is 14.4 Å². The van der Waals surface area contributed by atoms with Gasteiger partial charge in [0.25, 0.3) is 0 Å². The van der Waals surface area contributed by atoms with Gasteiger partial charge in [-0.3, -0.25) is 14.4 Å². The molecule has 7 heteroatoms. The maximum atomic E-state index is 12.7. The van der Waals surface area contributed by atoms with Gasteiger partial charge in [-0.1, -0.05) is 31.8 Å². The van der Waals surface area contributed by atoms with E-state index in [1.54, 1.807) is 11.0 Å². The van der Waals surface area contributed by atoms with Gasteiger partial charge in [-0.25, -0.2) is 0 Å². The Bertz CT molecular complexity index is 664. The van der Waals surface area contributed by atoms with E-state index in [1.807, 2.05) is 6.08 Å². The summed E-state index contributed by atoms with van der Waals surface area (Å²) in [5, 5.41) is 6.09. The Labute approximate surface area is 186 Å². The highest BCUT2D eigenvalue weighted by Gasteiger charge is 2.29. The number of rotatable bonds is 10. The summed E-state index contributed by atoms with van der Waals surface area (Å²) in [4.78, 5) is 39.0. The number of esters is 1. The fraction of sp³-hybridized carbons (Fsp3) is 0.708. The molecule has 2 rings (SSSR count). The number of ether oxygens (including phenoxy) is 1. The number of unbranched alkanes of at least 4 members (excludes halogenated alkanes) is 2. The normalized spacial score (nSPS) is 20.8. The Morgan fingerprint density at radius 2 is 2.03 bits per heavy atom. The fourth-order valence-corrected chi connectivity index (χ4v) is 3.96. The first-order valence-electron chi connectivity index (χ1n) is 11.6. The molecule has 2 N–H and O–H groups in total. The lowest BCUT2D eigenvalue weighted by Crippen LogP contribution is -2.47. The van der Waals surface area contributed by atoms with Crippen molar-refractivity contribution in [2.24, 2.45) is 11.8 Å². The van der Waals surface area contributed by atoms with E-state index >= 15 is 0 Å². The number of hydrogen-bond acceptors (Lipinski definition) is 5. The molecular weight excluding hydrogens is 394 g/mol. The van der Waals surface area contributed by atoms with Crippen LogP contribution in [0.15, 0.2) is 12.2 Å². The van der Waals surface area contributed by atoms with Crippen LogP contribution < -0.4 is 10.6 Å². The second kappa shape index (κ2) is 13.9. The Hall–Kier alpha value is -2.33. The Kier molecular flexibility index (Phi) is 11.2. The molecule has 0 aromatic heterocycles. The molecule has 0 aromatic carbocycles. The third-order valence-corrected chi connectivity index (χ3v) is 5.90. The first kappa shape index (κ1) is 24.9. The SMILES string of the molecule is C#CC(CC(=O)OCCCCC)NC(=O)[C@@H]1CCCN(C(=O)/C=C/C2CCNCC2)C1. The predicted molar refractivity (Wildman–Crippen MR) is 120 cm³/mol. The van der Waals surface area contributed by atoms with E-state index in [4.69, 9.17) is 11.2 Å². The number of amides is 2. The number of nitrogens with zero attached hydrogens (tertiary/aromatic N) is 1. The van der Waals surface area contributed by atoms with Crippen molar-refractivity contribution in [2.75, 3.05) is 32.8 Å². The Morgan fingerprint density at radius 3 is 2.74 bits per heavy atom. The summed E-state index contributed by atoms with van der Waals surface area (Å²) in [6.07, 6.45) is 15.6. The third-order valence-electron chi connectivity index (χ3n) is 5.90. The van der Waals surface area contributed by atoms with Crippen LogP contribution in [0.5, 0.6) is 0 Å². The molecule has 0 aliphatic carbocycles. The average molecular weight is 432 g/mol. The van der Waals surface area contributed by atoms with Gasteiger partial charge in [-0.2, -0.15) is 0 Å². The molecule has 0 spiro atoms. The molecule has 2 heterocycles. The summed E-state index contributed by atoms with van der Waals surface area (Å²) in [5.74, 6) is 1.94. The van der Waals surface area contributed by atoms with Crippen LogP contribution in [-0.2, 0) is 19.1 Å².